The first-order chi connectivity index (χ1) is 42.8. The number of hydrogen-bond acceptors (Lipinski definition) is 21. The summed E-state index contributed by atoms with van der Waals surface area (Å²) in [5.41, 5.74) is -2.72. The summed E-state index contributed by atoms with van der Waals surface area (Å²) < 4.78 is 15.3. The second-order valence-electron chi connectivity index (χ2n) is 20.1. The minimum absolute atomic E-state index is 0.0338. The number of carbonyl (C=O) groups is 12. The number of halogens is 9. The van der Waals surface area contributed by atoms with Crippen LogP contribution in [0.1, 0.15) is 89.8 Å². The van der Waals surface area contributed by atoms with E-state index in [2.05, 4.69) is 31.9 Å². The lowest BCUT2D eigenvalue weighted by Gasteiger charge is -2.31. The van der Waals surface area contributed by atoms with Crippen molar-refractivity contribution in [3.05, 3.63) is 65.5 Å². The molecule has 3 aromatic rings. The number of amides is 9. The maximum atomic E-state index is 15.0. The van der Waals surface area contributed by atoms with Crippen LogP contribution in [-0.2, 0) is 43.0 Å². The second kappa shape index (κ2) is 38.7. The highest BCUT2D eigenvalue weighted by atomic mass is 127. The van der Waals surface area contributed by atoms with Crippen molar-refractivity contribution in [2.45, 2.75) is 46.0 Å². The zero-order chi connectivity index (χ0) is 70.1. The van der Waals surface area contributed by atoms with Gasteiger partial charge in [0.25, 0.3) is 53.2 Å². The van der Waals surface area contributed by atoms with Crippen LogP contribution in [0.5, 0.6) is 0 Å². The first kappa shape index (κ1) is 83.9. The third-order valence-corrected chi connectivity index (χ3v) is 22.1. The summed E-state index contributed by atoms with van der Waals surface area (Å²) in [5.74, 6) is -9.93. The molecule has 9 amide bonds. The quantitative estimate of drug-likeness (QED) is 0.0259. The highest BCUT2D eigenvalue weighted by Gasteiger charge is 2.37. The van der Waals surface area contributed by atoms with Gasteiger partial charge in [-0.25, -0.2) is 0 Å². The highest BCUT2D eigenvalue weighted by molar-refractivity contribution is 14.1. The molecule has 0 radical (unpaired) electrons. The zero-order valence-corrected chi connectivity index (χ0v) is 68.7. The van der Waals surface area contributed by atoms with Gasteiger partial charge >= 0.3 is 17.9 Å². The minimum Gasteiger partial charge on any atom is -0.456 e. The van der Waals surface area contributed by atoms with Crippen molar-refractivity contribution in [1.82, 2.24) is 30.7 Å². The average molecular weight is 2300 g/mol. The lowest BCUT2D eigenvalue weighted by atomic mass is 9.89. The Hall–Kier alpha value is -2.37. The van der Waals surface area contributed by atoms with Crippen molar-refractivity contribution in [3.63, 3.8) is 0 Å². The van der Waals surface area contributed by atoms with Crippen LogP contribution in [0.25, 0.3) is 0 Å². The number of aliphatic hydroxyl groups excluding tert-OH is 6. The molecule has 0 fully saturated rings. The maximum absolute atomic E-state index is 15.0. The fourth-order valence-corrected chi connectivity index (χ4v) is 20.9. The molecule has 0 bridgehead atoms. The number of anilines is 3. The smallest absolute Gasteiger partial charge is 0.303 e. The first-order valence-electron chi connectivity index (χ1n) is 26.2. The number of ether oxygens (including phenoxy) is 3. The van der Waals surface area contributed by atoms with E-state index < -0.39 is 154 Å². The lowest BCUT2D eigenvalue weighted by molar-refractivity contribution is -0.145. The van der Waals surface area contributed by atoms with Crippen molar-refractivity contribution >= 4 is 291 Å². The van der Waals surface area contributed by atoms with E-state index in [9.17, 15) is 88.2 Å². The van der Waals surface area contributed by atoms with E-state index in [1.54, 1.807) is 203 Å². The molecule has 0 saturated carbocycles. The van der Waals surface area contributed by atoms with Crippen LogP contribution in [0.15, 0.2) is 0 Å². The normalized spacial score (nSPS) is 12.6. The van der Waals surface area contributed by atoms with Crippen LogP contribution >= 0.6 is 203 Å². The Bertz CT molecular complexity index is 3080. The Kier molecular flexibility index (Phi) is 35.3. The van der Waals surface area contributed by atoms with E-state index in [4.69, 9.17) is 14.2 Å². The van der Waals surface area contributed by atoms with Gasteiger partial charge in [0, 0.05) is 97.3 Å². The second-order valence-corrected chi connectivity index (χ2v) is 29.8. The topological polar surface area (TPSA) is 436 Å². The number of carbonyl (C=O) groups excluding carboxylic acids is 12. The van der Waals surface area contributed by atoms with Crippen LogP contribution in [0.3, 0.4) is 0 Å². The highest BCUT2D eigenvalue weighted by Crippen LogP contribution is 2.40. The number of nitrogens with one attached hydrogen (secondary N) is 6. The van der Waals surface area contributed by atoms with Gasteiger partial charge in [-0.2, -0.15) is 0 Å². The van der Waals surface area contributed by atoms with Crippen molar-refractivity contribution in [2.24, 2.45) is 5.41 Å². The first-order valence-corrected chi connectivity index (χ1v) is 35.9. The molecule has 0 spiro atoms. The molecule has 506 valence electrons. The van der Waals surface area contributed by atoms with Gasteiger partial charge in [-0.1, -0.05) is 6.92 Å². The molecule has 3 rings (SSSR count). The monoisotopic (exact) mass is 2300 g/mol. The Balaban J connectivity index is 2.41. The van der Waals surface area contributed by atoms with Crippen LogP contribution in [0.2, 0.25) is 0 Å². The number of esters is 3. The van der Waals surface area contributed by atoms with E-state index in [1.165, 1.54) is 28.1 Å². The average Bonchev–Trinajstić information content (AvgIpc) is 0.783. The van der Waals surface area contributed by atoms with Gasteiger partial charge in [0.2, 0.25) is 0 Å². The van der Waals surface area contributed by atoms with Gasteiger partial charge < -0.3 is 91.5 Å². The van der Waals surface area contributed by atoms with Gasteiger partial charge in [0.15, 0.2) is 19.8 Å². The molecular formula is C53H60I9N9O21. The van der Waals surface area contributed by atoms with Gasteiger partial charge in [-0.05, 0) is 203 Å². The zero-order valence-electron chi connectivity index (χ0n) is 49.3. The summed E-state index contributed by atoms with van der Waals surface area (Å²) in [6.07, 6.45) is -4.13. The molecule has 0 aromatic heterocycles. The minimum atomic E-state index is -1.55. The van der Waals surface area contributed by atoms with E-state index in [0.717, 1.165) is 35.5 Å². The van der Waals surface area contributed by atoms with Gasteiger partial charge in [0.1, 0.15) is 0 Å². The van der Waals surface area contributed by atoms with Crippen molar-refractivity contribution in [2.75, 3.05) is 116 Å². The number of rotatable bonds is 30. The third-order valence-electron chi connectivity index (χ3n) is 12.4. The largest absolute Gasteiger partial charge is 0.456 e. The number of benzene rings is 3. The van der Waals surface area contributed by atoms with Crippen molar-refractivity contribution < 1.29 is 102 Å². The van der Waals surface area contributed by atoms with Crippen LogP contribution in [-0.4, -0.2) is 235 Å². The number of aliphatic hydroxyl groups is 6. The molecule has 0 saturated heterocycles. The SMILES string of the molecule is CC(=O)OCC(=O)Nc1c(I)c(C(=O)NCC(C)(CNC(=O)c2c(I)c(NC(=O)COC(C)=O)c(I)c(C(=O)N(C)CC(O)CO)c2I)CNC(=O)c2c(I)c(NC(=O)COC(C)=O)c(I)c(C(=O)N(C)CC(O)CO)c2I)c(I)c(C(=O)N(C)CC(O)CO)c1I. The number of likely N-dealkylation sites (N-methyl/N-ethyl adjacent to an activating group) is 3. The fourth-order valence-electron chi connectivity index (χ4n) is 7.79. The standard InChI is InChI=1S/C53H60I9N9O21/c1-20(75)90-14-26(81)66-44-38(57)29(35(54)32(41(44)60)50(87)69(5)8-23(78)11-72)47(84)63-17-53(4,18-64-48(85)30-36(55)33(51(88)70(6)9-24(79)12-73)42(61)45(39(30)58)67-27(82)15-91-21(2)76)19-65-49(86)31-37(56)34(52(89)71(7)10-25(80)13-74)43(62)46(40(31)59)68-28(83)16-92-22(3)77/h23-25,72-74,78-80H,8-19H2,1-7H3,(H,63,84)(H,64,85)(H,65,86)(H,66,81)(H,67,82)(H,68,83). The van der Waals surface area contributed by atoms with E-state index in [0.29, 0.717) is 0 Å². The van der Waals surface area contributed by atoms with Crippen molar-refractivity contribution in [3.8, 4) is 0 Å². The molecular weight excluding hydrogens is 2240 g/mol. The third kappa shape index (κ3) is 23.1. The van der Waals surface area contributed by atoms with E-state index in [1.807, 2.05) is 0 Å². The molecule has 3 aromatic carbocycles. The summed E-state index contributed by atoms with van der Waals surface area (Å²) in [4.78, 5) is 166. The molecule has 0 heterocycles. The van der Waals surface area contributed by atoms with Crippen LogP contribution in [0.4, 0.5) is 17.1 Å². The van der Waals surface area contributed by atoms with Gasteiger partial charge in [-0.15, -0.1) is 0 Å². The molecule has 3 atom stereocenters. The number of nitrogens with zero attached hydrogens (tertiary/aromatic N) is 3. The molecule has 30 nitrogen and oxygen atoms in total. The summed E-state index contributed by atoms with van der Waals surface area (Å²) in [6, 6.07) is 0. The summed E-state index contributed by atoms with van der Waals surface area (Å²) in [7, 11) is 3.97. The summed E-state index contributed by atoms with van der Waals surface area (Å²) in [5, 5.41) is 75.9. The molecule has 0 aliphatic rings. The van der Waals surface area contributed by atoms with Gasteiger partial charge in [-0.3, -0.25) is 57.5 Å². The molecule has 3 unspecified atom stereocenters. The Labute approximate surface area is 648 Å². The van der Waals surface area contributed by atoms with Gasteiger partial charge in [0.05, 0.1) is 110 Å². The Morgan fingerprint density at radius 3 is 0.793 bits per heavy atom. The van der Waals surface area contributed by atoms with Crippen LogP contribution in [0, 0.1) is 37.5 Å². The Morgan fingerprint density at radius 1 is 0.391 bits per heavy atom. The number of hydrogen-bond donors (Lipinski definition) is 12. The van der Waals surface area contributed by atoms with Crippen LogP contribution < -0.4 is 31.9 Å². The predicted molar refractivity (Wildman–Crippen MR) is 405 cm³/mol. The molecule has 0 aliphatic carbocycles. The summed E-state index contributed by atoms with van der Waals surface area (Å²) in [6.45, 7) is -2.22. The Morgan fingerprint density at radius 2 is 0.598 bits per heavy atom. The van der Waals surface area contributed by atoms with E-state index >= 15 is 0 Å². The predicted octanol–water partition coefficient (Wildman–Crippen LogP) is 2.50. The fraction of sp³-hybridized carbons (Fsp3) is 0.434. The molecule has 12 N–H and O–H groups in total. The molecule has 0 aliphatic heterocycles. The maximum Gasteiger partial charge on any atom is 0.303 e. The molecule has 92 heavy (non-hydrogen) atoms. The lowest BCUT2D eigenvalue weighted by Crippen LogP contribution is -2.50. The van der Waals surface area contributed by atoms with E-state index in [-0.39, 0.29) is 102 Å². The van der Waals surface area contributed by atoms with Crippen molar-refractivity contribution in [1.29, 1.82) is 0 Å². The summed E-state index contributed by atoms with van der Waals surface area (Å²) >= 11 is 15.9. The molecule has 39 heteroatoms.